The zero-order valence-corrected chi connectivity index (χ0v) is 20.5. The molecule has 0 radical (unpaired) electrons. The molecule has 34 heavy (non-hydrogen) atoms. The van der Waals surface area contributed by atoms with Crippen molar-refractivity contribution in [2.24, 2.45) is 0 Å². The van der Waals surface area contributed by atoms with Gasteiger partial charge in [0, 0.05) is 30.1 Å². The van der Waals surface area contributed by atoms with Crippen LogP contribution in [0.15, 0.2) is 24.5 Å². The predicted molar refractivity (Wildman–Crippen MR) is 128 cm³/mol. The van der Waals surface area contributed by atoms with Crippen LogP contribution in [0.25, 0.3) is 11.3 Å². The number of nitrogens with one attached hydrogen (secondary N) is 3. The third kappa shape index (κ3) is 6.12. The Hall–Kier alpha value is -2.98. The highest BCUT2D eigenvalue weighted by molar-refractivity contribution is 6.44. The summed E-state index contributed by atoms with van der Waals surface area (Å²) in [5.74, 6) is -1.57. The summed E-state index contributed by atoms with van der Waals surface area (Å²) in [7, 11) is 0. The van der Waals surface area contributed by atoms with Crippen molar-refractivity contribution < 1.29 is 14.0 Å². The van der Waals surface area contributed by atoms with E-state index in [0.29, 0.717) is 42.0 Å². The molecule has 182 valence electrons. The van der Waals surface area contributed by atoms with Crippen LogP contribution in [0.1, 0.15) is 48.1 Å². The van der Waals surface area contributed by atoms with Gasteiger partial charge in [0.2, 0.25) is 5.91 Å². The number of halogens is 3. The van der Waals surface area contributed by atoms with Crippen molar-refractivity contribution in [3.8, 4) is 11.3 Å². The second kappa shape index (κ2) is 11.4. The standard InChI is InChI=1S/C22H26Cl2FN7O2/c1-4-32-17(8-9-27-32)22(34)29-16(6-5-7-18(23)24)21(33)28-14-10-15(25)20(26-11-14)19-12(2)30-31-13(19)3/h8-11,16,18H,4-7H2,1-3H3,(H,28,33)(H,29,34)(H,30,31). The van der Waals surface area contributed by atoms with Crippen molar-refractivity contribution in [3.63, 3.8) is 0 Å². The first-order valence-corrected chi connectivity index (χ1v) is 11.7. The molecule has 0 aliphatic rings. The highest BCUT2D eigenvalue weighted by Crippen LogP contribution is 2.27. The quantitative estimate of drug-likeness (QED) is 0.354. The van der Waals surface area contributed by atoms with Crippen LogP contribution in [-0.2, 0) is 11.3 Å². The zero-order chi connectivity index (χ0) is 24.8. The molecule has 3 aromatic heterocycles. The van der Waals surface area contributed by atoms with Crippen molar-refractivity contribution in [3.05, 3.63) is 47.4 Å². The number of hydrogen-bond donors (Lipinski definition) is 3. The number of anilines is 1. The third-order valence-corrected chi connectivity index (χ3v) is 5.70. The topological polar surface area (TPSA) is 118 Å². The molecule has 3 rings (SSSR count). The van der Waals surface area contributed by atoms with E-state index >= 15 is 0 Å². The van der Waals surface area contributed by atoms with E-state index in [0.717, 1.165) is 0 Å². The van der Waals surface area contributed by atoms with Crippen LogP contribution in [0.3, 0.4) is 0 Å². The van der Waals surface area contributed by atoms with Crippen molar-refractivity contribution in [2.45, 2.75) is 57.5 Å². The molecule has 3 aromatic rings. The van der Waals surface area contributed by atoms with Crippen LogP contribution in [0.2, 0.25) is 0 Å². The number of carbonyl (C=O) groups is 2. The number of nitrogens with zero attached hydrogens (tertiary/aromatic N) is 4. The molecule has 12 heteroatoms. The van der Waals surface area contributed by atoms with Gasteiger partial charge in [-0.05, 0) is 46.1 Å². The first-order valence-electron chi connectivity index (χ1n) is 10.8. The molecule has 0 aromatic carbocycles. The SMILES string of the molecule is CCn1nccc1C(=O)NC(CCCC(Cl)Cl)C(=O)Nc1cnc(-c2c(C)n[nH]c2C)c(F)c1. The number of aromatic amines is 1. The average molecular weight is 510 g/mol. The highest BCUT2D eigenvalue weighted by atomic mass is 35.5. The summed E-state index contributed by atoms with van der Waals surface area (Å²) in [4.78, 5) is 29.4. The van der Waals surface area contributed by atoms with Crippen molar-refractivity contribution in [2.75, 3.05) is 5.32 Å². The van der Waals surface area contributed by atoms with Crippen molar-refractivity contribution in [1.82, 2.24) is 30.3 Å². The van der Waals surface area contributed by atoms with Gasteiger partial charge < -0.3 is 10.6 Å². The Bertz CT molecular complexity index is 1140. The molecule has 1 atom stereocenters. The fourth-order valence-electron chi connectivity index (χ4n) is 3.57. The maximum Gasteiger partial charge on any atom is 0.270 e. The van der Waals surface area contributed by atoms with Crippen LogP contribution < -0.4 is 10.6 Å². The molecule has 2 amide bonds. The number of aromatic nitrogens is 5. The molecule has 0 bridgehead atoms. The van der Waals surface area contributed by atoms with E-state index in [-0.39, 0.29) is 17.8 Å². The average Bonchev–Trinajstić information content (AvgIpc) is 3.39. The van der Waals surface area contributed by atoms with Gasteiger partial charge >= 0.3 is 0 Å². The van der Waals surface area contributed by atoms with Gasteiger partial charge in [-0.25, -0.2) is 4.39 Å². The number of H-pyrrole nitrogens is 1. The monoisotopic (exact) mass is 509 g/mol. The van der Waals surface area contributed by atoms with Gasteiger partial charge in [-0.2, -0.15) is 10.2 Å². The first kappa shape index (κ1) is 25.6. The molecule has 3 N–H and O–H groups in total. The van der Waals surface area contributed by atoms with Gasteiger partial charge in [0.1, 0.15) is 22.3 Å². The second-order valence-corrected chi connectivity index (χ2v) is 9.01. The number of pyridine rings is 1. The van der Waals surface area contributed by atoms with Crippen LogP contribution >= 0.6 is 23.2 Å². The predicted octanol–water partition coefficient (Wildman–Crippen LogP) is 4.16. The Morgan fingerprint density at radius 3 is 2.65 bits per heavy atom. The number of hydrogen-bond acceptors (Lipinski definition) is 5. The van der Waals surface area contributed by atoms with E-state index in [4.69, 9.17) is 23.2 Å². The van der Waals surface area contributed by atoms with Crippen LogP contribution in [0.5, 0.6) is 0 Å². The minimum Gasteiger partial charge on any atom is -0.339 e. The molecular weight excluding hydrogens is 484 g/mol. The largest absolute Gasteiger partial charge is 0.339 e. The molecule has 0 aliphatic carbocycles. The number of rotatable bonds is 10. The zero-order valence-electron chi connectivity index (χ0n) is 19.0. The first-order chi connectivity index (χ1) is 16.2. The van der Waals surface area contributed by atoms with Crippen molar-refractivity contribution >= 4 is 40.7 Å². The Kier molecular flexibility index (Phi) is 8.62. The number of carbonyl (C=O) groups excluding carboxylic acids is 2. The number of alkyl halides is 2. The van der Waals surface area contributed by atoms with E-state index in [2.05, 4.69) is 30.9 Å². The van der Waals surface area contributed by atoms with E-state index in [1.54, 1.807) is 19.9 Å². The maximum atomic E-state index is 14.8. The van der Waals surface area contributed by atoms with Gasteiger partial charge in [0.05, 0.1) is 17.6 Å². The lowest BCUT2D eigenvalue weighted by Crippen LogP contribution is -2.44. The lowest BCUT2D eigenvalue weighted by Gasteiger charge is -2.19. The molecule has 0 fully saturated rings. The molecular formula is C22H26Cl2FN7O2. The molecule has 0 spiro atoms. The molecule has 3 heterocycles. The second-order valence-electron chi connectivity index (χ2n) is 7.73. The summed E-state index contributed by atoms with van der Waals surface area (Å²) in [5, 5.41) is 16.3. The van der Waals surface area contributed by atoms with E-state index in [9.17, 15) is 14.0 Å². The maximum absolute atomic E-state index is 14.8. The summed E-state index contributed by atoms with van der Waals surface area (Å²) >= 11 is 11.6. The van der Waals surface area contributed by atoms with Gasteiger partial charge in [0.15, 0.2) is 5.82 Å². The summed E-state index contributed by atoms with van der Waals surface area (Å²) in [6, 6.07) is 1.85. The third-order valence-electron chi connectivity index (χ3n) is 5.26. The van der Waals surface area contributed by atoms with Crippen molar-refractivity contribution in [1.29, 1.82) is 0 Å². The summed E-state index contributed by atoms with van der Waals surface area (Å²) in [6.45, 7) is 5.88. The Morgan fingerprint density at radius 2 is 2.03 bits per heavy atom. The summed E-state index contributed by atoms with van der Waals surface area (Å²) < 4.78 is 16.4. The van der Waals surface area contributed by atoms with E-state index < -0.39 is 28.5 Å². The van der Waals surface area contributed by atoms with E-state index in [1.165, 1.54) is 23.1 Å². The number of amides is 2. The fraction of sp³-hybridized carbons (Fsp3) is 0.409. The van der Waals surface area contributed by atoms with Gasteiger partial charge in [0.25, 0.3) is 5.91 Å². The Balaban J connectivity index is 1.76. The minimum absolute atomic E-state index is 0.134. The lowest BCUT2D eigenvalue weighted by molar-refractivity contribution is -0.118. The molecule has 0 saturated carbocycles. The van der Waals surface area contributed by atoms with Crippen LogP contribution in [0.4, 0.5) is 10.1 Å². The smallest absolute Gasteiger partial charge is 0.270 e. The minimum atomic E-state index is -0.902. The Morgan fingerprint density at radius 1 is 1.26 bits per heavy atom. The molecule has 0 saturated heterocycles. The molecule has 0 aliphatic heterocycles. The van der Waals surface area contributed by atoms with Gasteiger partial charge in [-0.1, -0.05) is 0 Å². The van der Waals surface area contributed by atoms with E-state index in [1.807, 2.05) is 6.92 Å². The van der Waals surface area contributed by atoms with Gasteiger partial charge in [-0.15, -0.1) is 23.2 Å². The summed E-state index contributed by atoms with van der Waals surface area (Å²) in [6.07, 6.45) is 4.10. The highest BCUT2D eigenvalue weighted by Gasteiger charge is 2.24. The van der Waals surface area contributed by atoms with Crippen LogP contribution in [0, 0.1) is 19.7 Å². The van der Waals surface area contributed by atoms with Gasteiger partial charge in [-0.3, -0.25) is 24.4 Å². The lowest BCUT2D eigenvalue weighted by atomic mass is 10.1. The number of aryl methyl sites for hydroxylation is 3. The normalized spacial score (nSPS) is 12.1. The molecule has 9 nitrogen and oxygen atoms in total. The van der Waals surface area contributed by atoms with Crippen LogP contribution in [-0.4, -0.2) is 47.7 Å². The Labute approximate surface area is 206 Å². The molecule has 1 unspecified atom stereocenters. The summed E-state index contributed by atoms with van der Waals surface area (Å²) in [5.41, 5.74) is 2.50. The fourth-order valence-corrected chi connectivity index (χ4v) is 3.88.